The summed E-state index contributed by atoms with van der Waals surface area (Å²) in [4.78, 5) is 129. The Kier molecular flexibility index (Phi) is 67.1. The summed E-state index contributed by atoms with van der Waals surface area (Å²) in [5.41, 5.74) is -5.02. The summed E-state index contributed by atoms with van der Waals surface area (Å²) in [6.07, 6.45) is 26.6. The summed E-state index contributed by atoms with van der Waals surface area (Å²) in [6.45, 7) is 64.7. The number of rotatable bonds is 23. The monoisotopic (exact) mass is 2080 g/mol. The van der Waals surface area contributed by atoms with E-state index in [4.69, 9.17) is 61.9 Å². The van der Waals surface area contributed by atoms with Crippen LogP contribution in [0.25, 0.3) is 0 Å². The van der Waals surface area contributed by atoms with Gasteiger partial charge in [-0.05, 0) is 347 Å². The highest BCUT2D eigenvalue weighted by molar-refractivity contribution is 5.82. The second-order valence-electron chi connectivity index (χ2n) is 47.9. The molecule has 14 fully saturated rings. The number of aliphatic carboxylic acids is 1. The molecule has 1 N–H and O–H groups in total. The van der Waals surface area contributed by atoms with Crippen molar-refractivity contribution >= 4 is 65.7 Å². The molecule has 19 atom stereocenters. The van der Waals surface area contributed by atoms with Crippen LogP contribution in [0.1, 0.15) is 534 Å². The van der Waals surface area contributed by atoms with Gasteiger partial charge < -0.3 is 61.9 Å². The third kappa shape index (κ3) is 36.4. The molecule has 0 spiro atoms. The van der Waals surface area contributed by atoms with Gasteiger partial charge in [0.25, 0.3) is 0 Å². The van der Waals surface area contributed by atoms with Gasteiger partial charge in [-0.3, -0.25) is 52.7 Å². The van der Waals surface area contributed by atoms with Crippen LogP contribution in [0.5, 0.6) is 0 Å². The molecule has 7 aliphatic heterocycles. The Bertz CT molecular complexity index is 3790. The van der Waals surface area contributed by atoms with Gasteiger partial charge in [-0.1, -0.05) is 215 Å². The Hall–Kier alpha value is -5.91. The minimum absolute atomic E-state index is 0. The lowest BCUT2D eigenvalue weighted by atomic mass is 9.65. The van der Waals surface area contributed by atoms with Crippen molar-refractivity contribution in [1.29, 1.82) is 0 Å². The summed E-state index contributed by atoms with van der Waals surface area (Å²) in [6, 6.07) is 0. The Labute approximate surface area is 894 Å². The van der Waals surface area contributed by atoms with Crippen LogP contribution < -0.4 is 0 Å². The maximum absolute atomic E-state index is 12.7. The molecular formula is C121H240O24. The third-order valence-corrected chi connectivity index (χ3v) is 33.6. The Balaban J connectivity index is -0.000000178. The van der Waals surface area contributed by atoms with Crippen LogP contribution in [0, 0.1) is 102 Å². The lowest BCUT2D eigenvalue weighted by molar-refractivity contribution is -0.184. The van der Waals surface area contributed by atoms with Crippen molar-refractivity contribution in [3.8, 4) is 0 Å². The molecule has 24 heteroatoms. The molecule has 19 unspecified atom stereocenters. The minimum atomic E-state index is -0.818. The van der Waals surface area contributed by atoms with E-state index in [1.165, 1.54) is 70.6 Å². The largest absolute Gasteiger partial charge is 0.481 e. The van der Waals surface area contributed by atoms with Crippen LogP contribution in [0.15, 0.2) is 0 Å². The van der Waals surface area contributed by atoms with E-state index in [2.05, 4.69) is 55.4 Å². The first-order valence-corrected chi connectivity index (χ1v) is 50.1. The zero-order chi connectivity index (χ0) is 97.7. The Morgan fingerprint density at radius 3 is 1.04 bits per heavy atom. The van der Waals surface area contributed by atoms with Crippen molar-refractivity contribution in [3.63, 3.8) is 0 Å². The smallest absolute Gasteiger partial charge is 0.312 e. The highest BCUT2D eigenvalue weighted by Crippen LogP contribution is 2.71. The van der Waals surface area contributed by atoms with Crippen LogP contribution in [0.3, 0.4) is 0 Å². The number of carbonyl (C=O) groups is 11. The second-order valence-corrected chi connectivity index (χ2v) is 47.9. The summed E-state index contributed by atoms with van der Waals surface area (Å²) in [5, 5.41) is 8.44. The first-order valence-electron chi connectivity index (χ1n) is 50.1. The third-order valence-electron chi connectivity index (χ3n) is 33.6. The predicted octanol–water partition coefficient (Wildman–Crippen LogP) is 32.2. The van der Waals surface area contributed by atoms with E-state index in [-0.39, 0.29) is 277 Å². The van der Waals surface area contributed by atoms with Crippen LogP contribution in [-0.4, -0.2) is 154 Å². The number of fused-ring (bicyclic) bond motifs is 11. The summed E-state index contributed by atoms with van der Waals surface area (Å²) in [5.74, 6) is 3.20. The van der Waals surface area contributed by atoms with Gasteiger partial charge in [0, 0.05) is 11.3 Å². The molecule has 8 bridgehead atoms. The first kappa shape index (κ1) is 159. The van der Waals surface area contributed by atoms with E-state index in [1.807, 2.05) is 125 Å². The van der Waals surface area contributed by atoms with Crippen molar-refractivity contribution < 1.29 is 115 Å². The van der Waals surface area contributed by atoms with Gasteiger partial charge in [-0.25, -0.2) is 0 Å². The summed E-state index contributed by atoms with van der Waals surface area (Å²) < 4.78 is 67.1. The van der Waals surface area contributed by atoms with Crippen molar-refractivity contribution in [2.75, 3.05) is 0 Å². The molecule has 145 heavy (non-hydrogen) atoms. The van der Waals surface area contributed by atoms with Crippen molar-refractivity contribution in [2.45, 2.75) is 616 Å². The molecule has 7 saturated heterocycles. The summed E-state index contributed by atoms with van der Waals surface area (Å²) >= 11 is 0. The maximum Gasteiger partial charge on any atom is 0.312 e. The SMILES string of the molecule is C.C.C.C.C.C.C.C.C.C.C.C.C.C.C.C.CC1OC(=O)CC1(C)OC(=O)C(C)(C)C.CCC(C)(C)C(=O)O.CCC(C)(C)C(=O)OC1(C(C)(C)C)CCCC1.CCC(C)(C)C(=O)OC1(C(C)C)CCCC1.CCC(C)(C)C(=O)OC1(C)CCCCC1.CCC(C)(C)C(=O)OC1(CC)CC2CC1C1C3CCC(C3)C21.CCC(C)(C)C(=O)OC1C2CC3C(=O)OC1C3O2.CCC(C)(C)C(=O)OC1C2CC3C(=O)OC1C3O2. The van der Waals surface area contributed by atoms with Gasteiger partial charge in [0.1, 0.15) is 40.7 Å². The molecule has 0 radical (unpaired) electrons. The molecule has 0 aromatic heterocycles. The van der Waals surface area contributed by atoms with E-state index in [1.54, 1.807) is 48.5 Å². The number of esters is 10. The van der Waals surface area contributed by atoms with Crippen LogP contribution >= 0.6 is 0 Å². The highest BCUT2D eigenvalue weighted by atomic mass is 16.7. The van der Waals surface area contributed by atoms with Crippen LogP contribution in [0.4, 0.5) is 0 Å². The quantitative estimate of drug-likeness (QED) is 0.0564. The molecule has 7 heterocycles. The van der Waals surface area contributed by atoms with E-state index >= 15 is 0 Å². The van der Waals surface area contributed by atoms with Gasteiger partial charge in [-0.15, -0.1) is 0 Å². The van der Waals surface area contributed by atoms with Gasteiger partial charge in [0.15, 0.2) is 30.0 Å². The normalized spacial score (nSPS) is 28.2. The van der Waals surface area contributed by atoms with Crippen molar-refractivity contribution in [3.05, 3.63) is 0 Å². The molecular weight excluding hydrogens is 1840 g/mol. The van der Waals surface area contributed by atoms with E-state index in [9.17, 15) is 52.7 Å². The molecule has 24 nitrogen and oxygen atoms in total. The fraction of sp³-hybridized carbons (Fsp3) is 0.909. The number of cyclic esters (lactones) is 1. The Morgan fingerprint density at radius 1 is 0.379 bits per heavy atom. The number of carbonyl (C=O) groups excluding carboxylic acids is 10. The van der Waals surface area contributed by atoms with Gasteiger partial charge >= 0.3 is 65.7 Å². The van der Waals surface area contributed by atoms with Gasteiger partial charge in [-0.2, -0.15) is 0 Å². The van der Waals surface area contributed by atoms with Crippen LogP contribution in [-0.2, 0) is 110 Å². The highest BCUT2D eigenvalue weighted by Gasteiger charge is 2.70. The number of carboxylic acids is 1. The van der Waals surface area contributed by atoms with Crippen molar-refractivity contribution in [1.82, 2.24) is 0 Å². The average Bonchev–Trinajstić information content (AvgIpc) is 1.13. The number of hydrogen-bond donors (Lipinski definition) is 1. The maximum atomic E-state index is 12.7. The molecule has 14 rings (SSSR count). The molecule has 14 aliphatic rings. The molecule has 868 valence electrons. The van der Waals surface area contributed by atoms with E-state index < -0.39 is 57.6 Å². The fourth-order valence-corrected chi connectivity index (χ4v) is 20.4. The number of hydrogen-bond acceptors (Lipinski definition) is 23. The van der Waals surface area contributed by atoms with Gasteiger partial charge in [0.05, 0.1) is 73.8 Å². The standard InChI is InChI=1S/C20H32O2.C15H28O2.C14H26O2.2C13H18O5.C13H24O2.C11H18O4.C6H12O2.16CH4/c1-5-19(3,4)18(21)22-20(6-2)11-14-10-15(20)17-13-8-7-12(9-13)16(14)17;1-7-14(5,6)12(16)17-15(13(2,3)4)10-8-9-11-15;1-6-13(4,5)12(15)16-14(11(2)3)9-7-8-10-14;2*1-4-13(2,3)12(15)18-9-7-5-6-8(16-7)10(9)17-11(6)14;1-5-12(2,3)11(14)15-13(4)9-7-6-8-10-13;1-7-11(5,6-8(12)14-7)15-9(13)10(2,3)4;1-4-6(2,3)5(7)8;;;;;;;;;;;;;;;;/h12-17H,5-11H2,1-4H3;7-11H2,1-6H3;11H,6-10H2,1-5H3;2*6-10H,4-5H2,1-3H3;5-10H2,1-4H3;7H,6H2,1-5H3;4H2,1-3H3,(H,7,8);16*1H4. The Morgan fingerprint density at radius 2 is 0.717 bits per heavy atom. The molecule has 0 aromatic carbocycles. The zero-order valence-corrected chi connectivity index (χ0v) is 86.2. The zero-order valence-electron chi connectivity index (χ0n) is 86.2. The van der Waals surface area contributed by atoms with E-state index in [0.29, 0.717) is 43.9 Å². The summed E-state index contributed by atoms with van der Waals surface area (Å²) in [7, 11) is 0. The van der Waals surface area contributed by atoms with E-state index in [0.717, 1.165) is 107 Å². The molecule has 7 saturated carbocycles. The molecule has 7 aliphatic carbocycles. The molecule has 0 amide bonds. The lowest BCUT2D eigenvalue weighted by Gasteiger charge is -2.46. The fourth-order valence-electron chi connectivity index (χ4n) is 20.4. The second kappa shape index (κ2) is 61.1. The first-order chi connectivity index (χ1) is 59.3. The van der Waals surface area contributed by atoms with Gasteiger partial charge in [0.2, 0.25) is 0 Å². The topological polar surface area (TPSA) is 319 Å². The number of carboxylic acid groups (broad SMARTS) is 1. The lowest BCUT2D eigenvalue weighted by Crippen LogP contribution is -2.49. The van der Waals surface area contributed by atoms with Crippen LogP contribution in [0.2, 0.25) is 0 Å². The van der Waals surface area contributed by atoms with Crippen molar-refractivity contribution in [2.24, 2.45) is 102 Å². The molecule has 0 aromatic rings. The average molecular weight is 2080 g/mol. The minimum Gasteiger partial charge on any atom is -0.481 e. The number of ether oxygens (including phenoxy) is 12. The predicted molar refractivity (Wildman–Crippen MR) is 601 cm³/mol.